The number of carboxylic acids is 1. The molecule has 0 aliphatic rings. The van der Waals surface area contributed by atoms with Crippen LogP contribution in [-0.2, 0) is 4.79 Å². The summed E-state index contributed by atoms with van der Waals surface area (Å²) >= 11 is 0. The fraction of sp³-hybridized carbons (Fsp3) is 0.0833. The van der Waals surface area contributed by atoms with E-state index in [2.05, 4.69) is 20.4 Å². The predicted octanol–water partition coefficient (Wildman–Crippen LogP) is -0.377. The average Bonchev–Trinajstić information content (AvgIpc) is 2.90. The average molecular weight is 288 g/mol. The van der Waals surface area contributed by atoms with Gasteiger partial charge in [0.05, 0.1) is 5.52 Å². The van der Waals surface area contributed by atoms with Gasteiger partial charge < -0.3 is 14.8 Å². The van der Waals surface area contributed by atoms with E-state index in [1.54, 1.807) is 0 Å². The standard InChI is InChI=1S/C12H8N4O5/c17-8(18)4-21-5-1-2-6-7(3-5)13-12(20)10-9(11(6)19)14-16-15-10/h1-3H,4H2,(H,13,20)(H,17,18)(H,14,15,16). The van der Waals surface area contributed by atoms with Gasteiger partial charge in [-0.2, -0.15) is 15.4 Å². The first kappa shape index (κ1) is 12.8. The van der Waals surface area contributed by atoms with Crippen LogP contribution in [0.3, 0.4) is 0 Å². The molecule has 0 spiro atoms. The van der Waals surface area contributed by atoms with Crippen molar-refractivity contribution >= 4 is 27.9 Å². The van der Waals surface area contributed by atoms with Gasteiger partial charge in [-0.3, -0.25) is 9.59 Å². The first-order chi connectivity index (χ1) is 10.1. The van der Waals surface area contributed by atoms with Gasteiger partial charge in [-0.1, -0.05) is 0 Å². The van der Waals surface area contributed by atoms with Crippen molar-refractivity contribution < 1.29 is 14.6 Å². The van der Waals surface area contributed by atoms with E-state index < -0.39 is 23.6 Å². The monoisotopic (exact) mass is 288 g/mol. The Labute approximate surface area is 115 Å². The van der Waals surface area contributed by atoms with Crippen molar-refractivity contribution in [3.05, 3.63) is 38.8 Å². The van der Waals surface area contributed by atoms with Crippen LogP contribution in [0.15, 0.2) is 27.8 Å². The van der Waals surface area contributed by atoms with Gasteiger partial charge >= 0.3 is 5.97 Å². The number of aliphatic carboxylic acids is 1. The second kappa shape index (κ2) is 4.71. The first-order valence-electron chi connectivity index (χ1n) is 5.81. The van der Waals surface area contributed by atoms with E-state index in [1.165, 1.54) is 18.2 Å². The number of benzene rings is 1. The Morgan fingerprint density at radius 3 is 2.76 bits per heavy atom. The number of hydrogen-bond donors (Lipinski definition) is 3. The molecule has 1 aromatic carbocycles. The number of nitrogens with zero attached hydrogens (tertiary/aromatic N) is 2. The Morgan fingerprint density at radius 1 is 1.24 bits per heavy atom. The highest BCUT2D eigenvalue weighted by molar-refractivity contribution is 5.87. The topological polar surface area (TPSA) is 138 Å². The largest absolute Gasteiger partial charge is 0.482 e. The molecule has 0 aliphatic carbocycles. The van der Waals surface area contributed by atoms with Gasteiger partial charge in [0.25, 0.3) is 5.56 Å². The molecule has 0 radical (unpaired) electrons. The Kier molecular flexibility index (Phi) is 2.87. The SMILES string of the molecule is O=C(O)COc1ccc2c(=O)c3n[nH]nc3c(=O)[nH]c2c1. The van der Waals surface area contributed by atoms with E-state index >= 15 is 0 Å². The molecule has 106 valence electrons. The smallest absolute Gasteiger partial charge is 0.341 e. The summed E-state index contributed by atoms with van der Waals surface area (Å²) in [6.07, 6.45) is 0. The molecule has 0 bridgehead atoms. The van der Waals surface area contributed by atoms with E-state index in [0.717, 1.165) is 0 Å². The number of ether oxygens (including phenoxy) is 1. The van der Waals surface area contributed by atoms with Crippen LogP contribution in [0.2, 0.25) is 0 Å². The normalized spacial score (nSPS) is 10.9. The van der Waals surface area contributed by atoms with Gasteiger partial charge in [0, 0.05) is 11.5 Å². The molecule has 9 heteroatoms. The van der Waals surface area contributed by atoms with Crippen LogP contribution < -0.4 is 15.7 Å². The molecule has 21 heavy (non-hydrogen) atoms. The number of aromatic nitrogens is 4. The van der Waals surface area contributed by atoms with Gasteiger partial charge in [0.15, 0.2) is 17.6 Å². The first-order valence-corrected chi connectivity index (χ1v) is 5.81. The molecule has 0 amide bonds. The highest BCUT2D eigenvalue weighted by atomic mass is 16.5. The van der Waals surface area contributed by atoms with Crippen LogP contribution in [0.5, 0.6) is 5.75 Å². The van der Waals surface area contributed by atoms with E-state index in [1.807, 2.05) is 0 Å². The van der Waals surface area contributed by atoms with Crippen molar-refractivity contribution in [2.45, 2.75) is 0 Å². The van der Waals surface area contributed by atoms with Crippen molar-refractivity contribution in [1.82, 2.24) is 20.4 Å². The Balaban J connectivity index is 2.27. The number of nitrogens with one attached hydrogen (secondary N) is 2. The van der Waals surface area contributed by atoms with Crippen molar-refractivity contribution in [1.29, 1.82) is 0 Å². The molecule has 0 atom stereocenters. The minimum atomic E-state index is -1.13. The summed E-state index contributed by atoms with van der Waals surface area (Å²) in [5.74, 6) is -0.910. The minimum Gasteiger partial charge on any atom is -0.482 e. The molecule has 0 unspecified atom stereocenters. The van der Waals surface area contributed by atoms with Crippen LogP contribution in [0.1, 0.15) is 0 Å². The molecule has 0 fully saturated rings. The second-order valence-electron chi connectivity index (χ2n) is 4.19. The van der Waals surface area contributed by atoms with Gasteiger partial charge in [-0.25, -0.2) is 4.79 Å². The highest BCUT2D eigenvalue weighted by Crippen LogP contribution is 2.16. The number of aromatic amines is 2. The molecular formula is C12H8N4O5. The maximum Gasteiger partial charge on any atom is 0.341 e. The third-order valence-corrected chi connectivity index (χ3v) is 2.82. The molecular weight excluding hydrogens is 280 g/mol. The fourth-order valence-electron chi connectivity index (χ4n) is 1.92. The fourth-order valence-corrected chi connectivity index (χ4v) is 1.92. The van der Waals surface area contributed by atoms with Gasteiger partial charge in [-0.15, -0.1) is 0 Å². The molecule has 3 N–H and O–H groups in total. The third-order valence-electron chi connectivity index (χ3n) is 2.82. The number of H-pyrrole nitrogens is 2. The van der Waals surface area contributed by atoms with Crippen LogP contribution >= 0.6 is 0 Å². The van der Waals surface area contributed by atoms with Gasteiger partial charge in [0.1, 0.15) is 5.75 Å². The zero-order chi connectivity index (χ0) is 15.0. The lowest BCUT2D eigenvalue weighted by Gasteiger charge is -2.02. The van der Waals surface area contributed by atoms with Gasteiger partial charge in [-0.05, 0) is 12.1 Å². The van der Waals surface area contributed by atoms with E-state index in [4.69, 9.17) is 9.84 Å². The zero-order valence-electron chi connectivity index (χ0n) is 10.4. The summed E-state index contributed by atoms with van der Waals surface area (Å²) in [5.41, 5.74) is -0.986. The third kappa shape index (κ3) is 2.20. The van der Waals surface area contributed by atoms with E-state index in [0.29, 0.717) is 0 Å². The Hall–Kier alpha value is -3.23. The van der Waals surface area contributed by atoms with Crippen LogP contribution in [0.25, 0.3) is 21.9 Å². The molecule has 0 aliphatic heterocycles. The maximum absolute atomic E-state index is 12.3. The predicted molar refractivity (Wildman–Crippen MR) is 71.4 cm³/mol. The van der Waals surface area contributed by atoms with Crippen molar-refractivity contribution in [2.24, 2.45) is 0 Å². The van der Waals surface area contributed by atoms with Crippen molar-refractivity contribution in [2.75, 3.05) is 6.61 Å². The molecule has 3 aromatic rings. The quantitative estimate of drug-likeness (QED) is 0.597. The second-order valence-corrected chi connectivity index (χ2v) is 4.19. The summed E-state index contributed by atoms with van der Waals surface area (Å²) < 4.78 is 5.00. The van der Waals surface area contributed by atoms with Crippen LogP contribution in [-0.4, -0.2) is 38.1 Å². The molecule has 0 saturated heterocycles. The lowest BCUT2D eigenvalue weighted by molar-refractivity contribution is -0.139. The minimum absolute atomic E-state index is 0.0644. The lowest BCUT2D eigenvalue weighted by atomic mass is 10.2. The van der Waals surface area contributed by atoms with Crippen molar-refractivity contribution in [3.8, 4) is 5.75 Å². The summed E-state index contributed by atoms with van der Waals surface area (Å²) in [6, 6.07) is 4.25. The summed E-state index contributed by atoms with van der Waals surface area (Å²) in [5, 5.41) is 18.3. The molecule has 9 nitrogen and oxygen atoms in total. The number of carboxylic acid groups (broad SMARTS) is 1. The molecule has 2 aromatic heterocycles. The maximum atomic E-state index is 12.3. The summed E-state index contributed by atoms with van der Waals surface area (Å²) in [4.78, 5) is 37.2. The van der Waals surface area contributed by atoms with Gasteiger partial charge in [0.2, 0.25) is 5.43 Å². The number of carbonyl (C=O) groups is 1. The zero-order valence-corrected chi connectivity index (χ0v) is 10.4. The van der Waals surface area contributed by atoms with E-state index in [-0.39, 0.29) is 27.7 Å². The number of fused-ring (bicyclic) bond motifs is 2. The number of hydrogen-bond acceptors (Lipinski definition) is 6. The summed E-state index contributed by atoms with van der Waals surface area (Å²) in [6.45, 7) is -0.524. The van der Waals surface area contributed by atoms with Crippen molar-refractivity contribution in [3.63, 3.8) is 0 Å². The molecule has 2 heterocycles. The lowest BCUT2D eigenvalue weighted by Crippen LogP contribution is -2.09. The van der Waals surface area contributed by atoms with Crippen LogP contribution in [0.4, 0.5) is 0 Å². The molecule has 0 saturated carbocycles. The molecule has 3 rings (SSSR count). The summed E-state index contributed by atoms with van der Waals surface area (Å²) in [7, 11) is 0. The Morgan fingerprint density at radius 2 is 2.00 bits per heavy atom. The van der Waals surface area contributed by atoms with Crippen LogP contribution in [0, 0.1) is 0 Å². The Bertz CT molecular complexity index is 975. The highest BCUT2D eigenvalue weighted by Gasteiger charge is 2.10. The van der Waals surface area contributed by atoms with E-state index in [9.17, 15) is 14.4 Å². The number of rotatable bonds is 3.